The van der Waals surface area contributed by atoms with Crippen molar-refractivity contribution in [3.05, 3.63) is 41.5 Å². The molecule has 1 atom stereocenters. The van der Waals surface area contributed by atoms with E-state index in [2.05, 4.69) is 15.3 Å². The molecule has 1 aliphatic heterocycles. The summed E-state index contributed by atoms with van der Waals surface area (Å²) in [4.78, 5) is 35.3. The molecule has 8 nitrogen and oxygen atoms in total. The molecule has 30 heavy (non-hydrogen) atoms. The molecule has 2 aromatic rings. The quantitative estimate of drug-likeness (QED) is 0.592. The monoisotopic (exact) mass is 429 g/mol. The van der Waals surface area contributed by atoms with Crippen LogP contribution in [-0.2, 0) is 32.3 Å². The highest BCUT2D eigenvalue weighted by Crippen LogP contribution is 2.34. The Morgan fingerprint density at radius 1 is 1.20 bits per heavy atom. The zero-order valence-electron chi connectivity index (χ0n) is 17.3. The predicted molar refractivity (Wildman–Crippen MR) is 116 cm³/mol. The van der Waals surface area contributed by atoms with Gasteiger partial charge in [0.15, 0.2) is 0 Å². The van der Waals surface area contributed by atoms with Crippen LogP contribution in [-0.4, -0.2) is 31.7 Å². The van der Waals surface area contributed by atoms with Gasteiger partial charge in [0.25, 0.3) is 0 Å². The molecule has 2 amide bonds. The van der Waals surface area contributed by atoms with Gasteiger partial charge in [0, 0.05) is 17.7 Å². The van der Waals surface area contributed by atoms with Gasteiger partial charge in [-0.2, -0.15) is 0 Å². The van der Waals surface area contributed by atoms with Crippen molar-refractivity contribution in [2.24, 2.45) is 0 Å². The molecule has 3 rings (SSSR count). The number of hydrogen-bond donors (Lipinski definition) is 2. The summed E-state index contributed by atoms with van der Waals surface area (Å²) >= 11 is 0. The molecule has 0 saturated carbocycles. The zero-order chi connectivity index (χ0) is 21.7. The maximum atomic E-state index is 12.9. The minimum Gasteiger partial charge on any atom is -0.310 e. The fourth-order valence-corrected chi connectivity index (χ4v) is 4.52. The van der Waals surface area contributed by atoms with Crippen molar-refractivity contribution in [1.29, 1.82) is 4.78 Å². The van der Waals surface area contributed by atoms with Crippen LogP contribution in [0.2, 0.25) is 0 Å². The van der Waals surface area contributed by atoms with Crippen molar-refractivity contribution in [2.75, 3.05) is 16.0 Å². The van der Waals surface area contributed by atoms with Crippen molar-refractivity contribution in [3.63, 3.8) is 0 Å². The first-order valence-electron chi connectivity index (χ1n) is 10.2. The van der Waals surface area contributed by atoms with Crippen LogP contribution in [0.5, 0.6) is 0 Å². The Bertz CT molecular complexity index is 1040. The number of aromatic nitrogens is 2. The lowest BCUT2D eigenvalue weighted by atomic mass is 10.2. The highest BCUT2D eigenvalue weighted by atomic mass is 32.2. The van der Waals surface area contributed by atoms with Crippen LogP contribution in [0.3, 0.4) is 0 Å². The van der Waals surface area contributed by atoms with Gasteiger partial charge in [-0.1, -0.05) is 50.6 Å². The second kappa shape index (κ2) is 9.34. The third-order valence-corrected chi connectivity index (χ3v) is 6.59. The number of rotatable bonds is 9. The zero-order valence-corrected chi connectivity index (χ0v) is 18.1. The summed E-state index contributed by atoms with van der Waals surface area (Å²) < 4.78 is 21.1. The summed E-state index contributed by atoms with van der Waals surface area (Å²) in [5.74, 6) is 0.245. The van der Waals surface area contributed by atoms with E-state index in [1.54, 1.807) is 0 Å². The molecule has 1 aromatic heterocycles. The summed E-state index contributed by atoms with van der Waals surface area (Å²) in [7, 11) is -3.23. The summed E-state index contributed by atoms with van der Waals surface area (Å²) in [6.45, 7) is 4.13. The maximum absolute atomic E-state index is 12.9. The first kappa shape index (κ1) is 21.9. The minimum absolute atomic E-state index is 0.0544. The first-order valence-corrected chi connectivity index (χ1v) is 11.9. The number of fused-ring (bicyclic) bond motifs is 1. The van der Waals surface area contributed by atoms with Gasteiger partial charge in [-0.3, -0.25) is 14.5 Å². The molecular weight excluding hydrogens is 402 g/mol. The van der Waals surface area contributed by atoms with Gasteiger partial charge in [-0.15, -0.1) is 0 Å². The van der Waals surface area contributed by atoms with E-state index in [-0.39, 0.29) is 35.0 Å². The summed E-state index contributed by atoms with van der Waals surface area (Å²) in [5, 5.41) is 2.62. The van der Waals surface area contributed by atoms with Crippen LogP contribution in [0, 0.1) is 4.78 Å². The van der Waals surface area contributed by atoms with E-state index in [0.717, 1.165) is 18.4 Å². The van der Waals surface area contributed by atoms with Crippen molar-refractivity contribution in [1.82, 2.24) is 9.97 Å². The molecule has 0 bridgehead atoms. The van der Waals surface area contributed by atoms with Crippen LogP contribution in [0.1, 0.15) is 50.7 Å². The molecule has 0 spiro atoms. The minimum atomic E-state index is -3.23. The number of anilines is 2. The highest BCUT2D eigenvalue weighted by Gasteiger charge is 2.34. The van der Waals surface area contributed by atoms with Gasteiger partial charge in [-0.05, 0) is 18.4 Å². The van der Waals surface area contributed by atoms with Crippen molar-refractivity contribution >= 4 is 33.2 Å². The lowest BCUT2D eigenvalue weighted by Crippen LogP contribution is -2.27. The molecule has 0 radical (unpaired) electrons. The molecule has 1 aliphatic rings. The van der Waals surface area contributed by atoms with Gasteiger partial charge in [0.2, 0.25) is 17.0 Å². The van der Waals surface area contributed by atoms with Crippen LogP contribution in [0.25, 0.3) is 0 Å². The number of carbonyl (C=O) groups excluding carboxylic acids is 2. The highest BCUT2D eigenvalue weighted by molar-refractivity contribution is 7.92. The molecule has 2 heterocycles. The maximum Gasteiger partial charge on any atom is 0.233 e. The number of unbranched alkanes of at least 4 members (excludes halogenated alkanes) is 1. The van der Waals surface area contributed by atoms with Gasteiger partial charge in [0.05, 0.1) is 13.0 Å². The molecule has 9 heteroatoms. The SMILES string of the molecule is CCCCC(=O)Nc1nc(S(=N)(=O)CCC)nc2c1CC(=O)N2Cc1ccccc1. The van der Waals surface area contributed by atoms with Gasteiger partial charge < -0.3 is 5.32 Å². The average Bonchev–Trinajstić information content (AvgIpc) is 3.03. The second-order valence-electron chi connectivity index (χ2n) is 7.33. The van der Waals surface area contributed by atoms with Crippen molar-refractivity contribution in [2.45, 2.75) is 57.7 Å². The number of benzene rings is 1. The molecule has 0 saturated heterocycles. The van der Waals surface area contributed by atoms with E-state index in [4.69, 9.17) is 4.78 Å². The standard InChI is InChI=1S/C21H27N5O3S/c1-3-5-11-17(27)23-19-16-13-18(28)26(14-15-9-7-6-8-10-15)20(16)25-21(24-19)30(22,29)12-4-2/h6-10,22H,3-5,11-14H2,1-2H3,(H,23,24,25,27). The third-order valence-electron chi connectivity index (χ3n) is 4.83. The van der Waals surface area contributed by atoms with E-state index in [1.807, 2.05) is 44.2 Å². The number of hydrogen-bond acceptors (Lipinski definition) is 6. The number of carbonyl (C=O) groups is 2. The lowest BCUT2D eigenvalue weighted by Gasteiger charge is -2.18. The number of nitrogens with one attached hydrogen (secondary N) is 2. The molecule has 0 fully saturated rings. The molecule has 160 valence electrons. The molecule has 0 aliphatic carbocycles. The second-order valence-corrected chi connectivity index (χ2v) is 9.45. The smallest absolute Gasteiger partial charge is 0.233 e. The number of amides is 2. The van der Waals surface area contributed by atoms with Crippen molar-refractivity contribution in [3.8, 4) is 0 Å². The lowest BCUT2D eigenvalue weighted by molar-refractivity contribution is -0.118. The largest absolute Gasteiger partial charge is 0.310 e. The molecule has 1 unspecified atom stereocenters. The van der Waals surface area contributed by atoms with Crippen LogP contribution < -0.4 is 10.2 Å². The predicted octanol–water partition coefficient (Wildman–Crippen LogP) is 3.51. The average molecular weight is 430 g/mol. The van der Waals surface area contributed by atoms with Gasteiger partial charge >= 0.3 is 0 Å². The van der Waals surface area contributed by atoms with Gasteiger partial charge in [-0.25, -0.2) is 19.0 Å². The van der Waals surface area contributed by atoms with E-state index in [1.165, 1.54) is 4.90 Å². The van der Waals surface area contributed by atoms with E-state index < -0.39 is 9.73 Å². The molecule has 2 N–H and O–H groups in total. The summed E-state index contributed by atoms with van der Waals surface area (Å²) in [5.41, 5.74) is 1.43. The van der Waals surface area contributed by atoms with Crippen LogP contribution in [0.4, 0.5) is 11.6 Å². The van der Waals surface area contributed by atoms with Crippen LogP contribution in [0.15, 0.2) is 35.5 Å². The molecule has 1 aromatic carbocycles. The summed E-state index contributed by atoms with van der Waals surface area (Å²) in [6, 6.07) is 9.49. The Labute approximate surface area is 177 Å². The Balaban J connectivity index is 2.04. The normalized spacial score (nSPS) is 15.0. The van der Waals surface area contributed by atoms with E-state index in [0.29, 0.717) is 30.8 Å². The Morgan fingerprint density at radius 3 is 2.60 bits per heavy atom. The Hall–Kier alpha value is -2.81. The summed E-state index contributed by atoms with van der Waals surface area (Å²) in [6.07, 6.45) is 2.53. The van der Waals surface area contributed by atoms with E-state index in [9.17, 15) is 13.8 Å². The van der Waals surface area contributed by atoms with E-state index >= 15 is 0 Å². The number of nitrogens with zero attached hydrogens (tertiary/aromatic N) is 3. The topological polar surface area (TPSA) is 116 Å². The third kappa shape index (κ3) is 4.84. The Kier molecular flexibility index (Phi) is 6.81. The van der Waals surface area contributed by atoms with Gasteiger partial charge in [0.1, 0.15) is 21.4 Å². The Morgan fingerprint density at radius 2 is 1.93 bits per heavy atom. The first-order chi connectivity index (χ1) is 14.4. The molecular formula is C21H27N5O3S. The fourth-order valence-electron chi connectivity index (χ4n) is 3.29. The van der Waals surface area contributed by atoms with Crippen molar-refractivity contribution < 1.29 is 13.8 Å². The fraction of sp³-hybridized carbons (Fsp3) is 0.429. The van der Waals surface area contributed by atoms with Crippen LogP contribution >= 0.6 is 0 Å².